The van der Waals surface area contributed by atoms with Crippen LogP contribution in [0, 0.1) is 26.0 Å². The second-order valence-corrected chi connectivity index (χ2v) is 6.38. The summed E-state index contributed by atoms with van der Waals surface area (Å²) in [6.07, 6.45) is 2.97. The van der Waals surface area contributed by atoms with E-state index < -0.39 is 27.3 Å². The van der Waals surface area contributed by atoms with Crippen LogP contribution in [0.4, 0.5) is 27.1 Å². The second kappa shape index (κ2) is 7.99. The Hall–Kier alpha value is -3.56. The lowest BCUT2D eigenvalue weighted by Gasteiger charge is -2.30. The van der Waals surface area contributed by atoms with Crippen LogP contribution >= 0.6 is 0 Å². The number of nitro groups is 2. The molecule has 1 heterocycles. The smallest absolute Gasteiger partial charge is 0.306 e. The minimum atomic E-state index is -1.02. The average molecular weight is 388 g/mol. The van der Waals surface area contributed by atoms with Gasteiger partial charge in [-0.1, -0.05) is 0 Å². The van der Waals surface area contributed by atoms with Gasteiger partial charge in [0.1, 0.15) is 0 Å². The van der Waals surface area contributed by atoms with Crippen molar-refractivity contribution in [2.24, 2.45) is 0 Å². The first kappa shape index (κ1) is 19.2. The van der Waals surface area contributed by atoms with Crippen LogP contribution in [-0.4, -0.2) is 28.8 Å². The Morgan fingerprint density at radius 1 is 1.00 bits per heavy atom. The van der Waals surface area contributed by atoms with Gasteiger partial charge in [0.05, 0.1) is 21.1 Å². The highest BCUT2D eigenvalue weighted by Crippen LogP contribution is 2.29. The molecule has 2 aromatic carbocycles. The fourth-order valence-corrected chi connectivity index (χ4v) is 3.16. The van der Waals surface area contributed by atoms with Crippen LogP contribution < -0.4 is 10.2 Å². The molecule has 0 unspecified atom stereocenters. The first-order valence-corrected chi connectivity index (χ1v) is 8.65. The summed E-state index contributed by atoms with van der Waals surface area (Å²) in [6.45, 7) is 1.44. The molecule has 1 N–H and O–H groups in total. The number of nitrogens with one attached hydrogen (secondary N) is 1. The number of rotatable bonds is 5. The number of amides is 1. The van der Waals surface area contributed by atoms with Crippen LogP contribution in [0.1, 0.15) is 29.6 Å². The zero-order valence-corrected chi connectivity index (χ0v) is 14.8. The van der Waals surface area contributed by atoms with Gasteiger partial charge in [-0.2, -0.15) is 4.39 Å². The number of piperidine rings is 1. The van der Waals surface area contributed by atoms with Crippen LogP contribution in [0.25, 0.3) is 0 Å². The Morgan fingerprint density at radius 2 is 1.71 bits per heavy atom. The van der Waals surface area contributed by atoms with Gasteiger partial charge in [0.2, 0.25) is 5.82 Å². The molecule has 28 heavy (non-hydrogen) atoms. The number of benzene rings is 2. The first-order chi connectivity index (χ1) is 13.4. The van der Waals surface area contributed by atoms with Crippen molar-refractivity contribution >= 4 is 28.7 Å². The fraction of sp³-hybridized carbons (Fsp3) is 0.278. The van der Waals surface area contributed by atoms with Crippen molar-refractivity contribution in [1.29, 1.82) is 0 Å². The van der Waals surface area contributed by atoms with Gasteiger partial charge in [-0.25, -0.2) is 0 Å². The highest BCUT2D eigenvalue weighted by atomic mass is 19.1. The van der Waals surface area contributed by atoms with Crippen molar-refractivity contribution in [3.05, 3.63) is 68.0 Å². The molecule has 1 amide bonds. The van der Waals surface area contributed by atoms with Crippen molar-refractivity contribution in [3.8, 4) is 0 Å². The third-order valence-electron chi connectivity index (χ3n) is 4.53. The summed E-state index contributed by atoms with van der Waals surface area (Å²) in [7, 11) is 0. The topological polar surface area (TPSA) is 119 Å². The number of anilines is 2. The molecule has 0 bridgehead atoms. The van der Waals surface area contributed by atoms with Gasteiger partial charge in [0.25, 0.3) is 11.6 Å². The molecule has 1 aliphatic rings. The molecule has 2 aromatic rings. The third-order valence-corrected chi connectivity index (χ3v) is 4.53. The van der Waals surface area contributed by atoms with E-state index in [2.05, 4.69) is 5.32 Å². The summed E-state index contributed by atoms with van der Waals surface area (Å²) >= 11 is 0. The molecule has 0 atom stereocenters. The Bertz CT molecular complexity index is 944. The maximum absolute atomic E-state index is 13.5. The summed E-state index contributed by atoms with van der Waals surface area (Å²) in [5, 5.41) is 24.5. The van der Waals surface area contributed by atoms with E-state index in [0.717, 1.165) is 44.5 Å². The summed E-state index contributed by atoms with van der Waals surface area (Å²) in [6, 6.07) is 7.03. The van der Waals surface area contributed by atoms with Crippen LogP contribution in [-0.2, 0) is 0 Å². The van der Waals surface area contributed by atoms with Crippen molar-refractivity contribution < 1.29 is 19.0 Å². The van der Waals surface area contributed by atoms with Gasteiger partial charge in [0, 0.05) is 37.0 Å². The summed E-state index contributed by atoms with van der Waals surface area (Å²) in [5.41, 5.74) is -0.346. The van der Waals surface area contributed by atoms with Crippen molar-refractivity contribution in [3.63, 3.8) is 0 Å². The molecule has 1 aliphatic heterocycles. The molecule has 0 saturated carbocycles. The zero-order valence-electron chi connectivity index (χ0n) is 14.8. The number of halogens is 1. The Morgan fingerprint density at radius 3 is 2.36 bits per heavy atom. The quantitative estimate of drug-likeness (QED) is 0.613. The molecular formula is C18H17FN4O5. The van der Waals surface area contributed by atoms with Crippen molar-refractivity contribution in [2.75, 3.05) is 23.3 Å². The van der Waals surface area contributed by atoms with Gasteiger partial charge >= 0.3 is 5.69 Å². The number of carbonyl (C=O) groups is 1. The SMILES string of the molecule is O=C(Nc1ccc(F)c([N+](=O)[O-])c1)c1cc([N+](=O)[O-])ccc1N1CCCCC1. The van der Waals surface area contributed by atoms with Gasteiger partial charge < -0.3 is 10.2 Å². The fourth-order valence-electron chi connectivity index (χ4n) is 3.16. The van der Waals surface area contributed by atoms with E-state index in [1.54, 1.807) is 0 Å². The number of non-ortho nitro benzene ring substituents is 1. The predicted molar refractivity (Wildman–Crippen MR) is 100 cm³/mol. The number of hydrogen-bond donors (Lipinski definition) is 1. The van der Waals surface area contributed by atoms with Gasteiger partial charge in [0.15, 0.2) is 0 Å². The third kappa shape index (κ3) is 4.05. The molecule has 9 nitrogen and oxygen atoms in total. The lowest BCUT2D eigenvalue weighted by Crippen LogP contribution is -2.31. The molecule has 1 fully saturated rings. The van der Waals surface area contributed by atoms with Crippen LogP contribution in [0.2, 0.25) is 0 Å². The van der Waals surface area contributed by atoms with E-state index in [0.29, 0.717) is 5.69 Å². The van der Waals surface area contributed by atoms with Gasteiger partial charge in [-0.05, 0) is 37.5 Å². The molecule has 146 valence electrons. The Balaban J connectivity index is 1.95. The highest BCUT2D eigenvalue weighted by Gasteiger charge is 2.23. The first-order valence-electron chi connectivity index (χ1n) is 8.65. The van der Waals surface area contributed by atoms with Crippen LogP contribution in [0.5, 0.6) is 0 Å². The number of nitrogens with zero attached hydrogens (tertiary/aromatic N) is 3. The highest BCUT2D eigenvalue weighted by molar-refractivity contribution is 6.08. The Labute approximate surface area is 159 Å². The maximum atomic E-state index is 13.5. The monoisotopic (exact) mass is 388 g/mol. The van der Waals surface area contributed by atoms with Crippen molar-refractivity contribution in [2.45, 2.75) is 19.3 Å². The molecule has 1 saturated heterocycles. The summed E-state index contributed by atoms with van der Waals surface area (Å²) in [4.78, 5) is 35.3. The molecule has 3 rings (SSSR count). The maximum Gasteiger partial charge on any atom is 0.306 e. The molecule has 10 heteroatoms. The largest absolute Gasteiger partial charge is 0.371 e. The molecular weight excluding hydrogens is 371 g/mol. The molecule has 0 spiro atoms. The number of nitro benzene ring substituents is 2. The van der Waals surface area contributed by atoms with Gasteiger partial charge in [-0.15, -0.1) is 0 Å². The predicted octanol–water partition coefficient (Wildman–Crippen LogP) is 3.88. The lowest BCUT2D eigenvalue weighted by molar-refractivity contribution is -0.387. The van der Waals surface area contributed by atoms with E-state index in [9.17, 15) is 29.4 Å². The standard InChI is InChI=1S/C18H17FN4O5/c19-15-6-4-12(10-17(15)23(27)28)20-18(24)14-11-13(22(25)26)5-7-16(14)21-8-2-1-3-9-21/h4-7,10-11H,1-3,8-9H2,(H,20,24). The normalized spacial score (nSPS) is 13.8. The summed E-state index contributed by atoms with van der Waals surface area (Å²) in [5.74, 6) is -1.68. The van der Waals surface area contributed by atoms with Crippen LogP contribution in [0.3, 0.4) is 0 Å². The minimum absolute atomic E-state index is 0.0224. The van der Waals surface area contributed by atoms with E-state index in [1.807, 2.05) is 4.90 Å². The van der Waals surface area contributed by atoms with Gasteiger partial charge in [-0.3, -0.25) is 25.0 Å². The molecule has 0 radical (unpaired) electrons. The Kier molecular flexibility index (Phi) is 5.48. The van der Waals surface area contributed by atoms with Crippen molar-refractivity contribution in [1.82, 2.24) is 0 Å². The molecule has 0 aliphatic carbocycles. The number of hydrogen-bond acceptors (Lipinski definition) is 6. The van der Waals surface area contributed by atoms with E-state index in [1.165, 1.54) is 24.3 Å². The average Bonchev–Trinajstić information content (AvgIpc) is 2.69. The van der Waals surface area contributed by atoms with E-state index in [4.69, 9.17) is 0 Å². The lowest BCUT2D eigenvalue weighted by atomic mass is 10.1. The zero-order chi connectivity index (χ0) is 20.3. The van der Waals surface area contributed by atoms with E-state index >= 15 is 0 Å². The molecule has 0 aromatic heterocycles. The second-order valence-electron chi connectivity index (χ2n) is 6.38. The summed E-state index contributed by atoms with van der Waals surface area (Å²) < 4.78 is 13.5. The van der Waals surface area contributed by atoms with Crippen LogP contribution in [0.15, 0.2) is 36.4 Å². The number of carbonyl (C=O) groups excluding carboxylic acids is 1. The van der Waals surface area contributed by atoms with E-state index in [-0.39, 0.29) is 16.9 Å². The minimum Gasteiger partial charge on any atom is -0.371 e.